The summed E-state index contributed by atoms with van der Waals surface area (Å²) in [7, 11) is 4.09. The van der Waals surface area contributed by atoms with Gasteiger partial charge >= 0.3 is 6.09 Å². The number of rotatable bonds is 6. The lowest BCUT2D eigenvalue weighted by Crippen LogP contribution is -2.54. The maximum atomic E-state index is 11.8. The predicted molar refractivity (Wildman–Crippen MR) is 121 cm³/mol. The maximum Gasteiger partial charge on any atom is 0.409 e. The van der Waals surface area contributed by atoms with E-state index in [1.165, 1.54) is 32.1 Å². The van der Waals surface area contributed by atoms with Crippen molar-refractivity contribution in [2.75, 3.05) is 60.0 Å². The lowest BCUT2D eigenvalue weighted by molar-refractivity contribution is 0.0914. The van der Waals surface area contributed by atoms with Gasteiger partial charge in [0.15, 0.2) is 5.96 Å². The van der Waals surface area contributed by atoms with Crippen molar-refractivity contribution < 1.29 is 9.53 Å². The van der Waals surface area contributed by atoms with Crippen molar-refractivity contribution in [1.82, 2.24) is 20.0 Å². The largest absolute Gasteiger partial charge is 0.450 e. The summed E-state index contributed by atoms with van der Waals surface area (Å²) in [6.45, 7) is 7.28. The molecule has 1 saturated carbocycles. The van der Waals surface area contributed by atoms with Crippen LogP contribution in [0.5, 0.6) is 0 Å². The number of carbonyl (C=O) groups excluding carboxylic acids is 1. The third-order valence-corrected chi connectivity index (χ3v) is 5.49. The Morgan fingerprint density at radius 3 is 2.37 bits per heavy atom. The number of hydrogen-bond donors (Lipinski definition) is 1. The van der Waals surface area contributed by atoms with Crippen molar-refractivity contribution in [2.24, 2.45) is 4.99 Å². The minimum Gasteiger partial charge on any atom is -0.450 e. The van der Waals surface area contributed by atoms with Gasteiger partial charge in [0.05, 0.1) is 6.61 Å². The number of amides is 1. The highest BCUT2D eigenvalue weighted by Gasteiger charge is 2.23. The Morgan fingerprint density at radius 1 is 1.15 bits per heavy atom. The first kappa shape index (κ1) is 24.3. The Hall–Kier alpha value is -0.770. The predicted octanol–water partition coefficient (Wildman–Crippen LogP) is 2.61. The van der Waals surface area contributed by atoms with Crippen molar-refractivity contribution in [3.8, 4) is 0 Å². The van der Waals surface area contributed by atoms with E-state index in [0.717, 1.165) is 44.6 Å². The fourth-order valence-corrected chi connectivity index (χ4v) is 3.88. The topological polar surface area (TPSA) is 60.4 Å². The van der Waals surface area contributed by atoms with E-state index >= 15 is 0 Å². The molecule has 2 fully saturated rings. The molecule has 0 aromatic carbocycles. The molecule has 1 N–H and O–H groups in total. The summed E-state index contributed by atoms with van der Waals surface area (Å²) in [5.74, 6) is 0.939. The molecule has 0 aromatic rings. The van der Waals surface area contributed by atoms with E-state index in [2.05, 4.69) is 27.2 Å². The van der Waals surface area contributed by atoms with Crippen molar-refractivity contribution in [2.45, 2.75) is 51.5 Å². The highest BCUT2D eigenvalue weighted by molar-refractivity contribution is 14.0. The van der Waals surface area contributed by atoms with Crippen LogP contribution < -0.4 is 5.32 Å². The first-order valence-corrected chi connectivity index (χ1v) is 10.2. The summed E-state index contributed by atoms with van der Waals surface area (Å²) in [6, 6.07) is 0.777. The van der Waals surface area contributed by atoms with Crippen LogP contribution in [0.1, 0.15) is 45.4 Å². The summed E-state index contributed by atoms with van der Waals surface area (Å²) in [6.07, 6.45) is 7.81. The number of nitrogens with zero attached hydrogens (tertiary/aromatic N) is 4. The summed E-state index contributed by atoms with van der Waals surface area (Å²) in [4.78, 5) is 22.7. The van der Waals surface area contributed by atoms with Gasteiger partial charge in [0.1, 0.15) is 0 Å². The highest BCUT2D eigenvalue weighted by Crippen LogP contribution is 2.21. The molecule has 0 aromatic heterocycles. The average Bonchev–Trinajstić information content (AvgIpc) is 2.69. The molecule has 0 atom stereocenters. The summed E-state index contributed by atoms with van der Waals surface area (Å²) < 4.78 is 5.07. The smallest absolute Gasteiger partial charge is 0.409 e. The van der Waals surface area contributed by atoms with Crippen LogP contribution in [-0.2, 0) is 4.74 Å². The minimum atomic E-state index is -0.208. The number of aliphatic imine (C=N–C) groups is 1. The average molecular weight is 495 g/mol. The summed E-state index contributed by atoms with van der Waals surface area (Å²) >= 11 is 0. The number of guanidine groups is 1. The van der Waals surface area contributed by atoms with E-state index in [1.54, 1.807) is 4.90 Å². The van der Waals surface area contributed by atoms with Crippen molar-refractivity contribution in [3.63, 3.8) is 0 Å². The maximum absolute atomic E-state index is 11.8. The van der Waals surface area contributed by atoms with Crippen LogP contribution in [0.25, 0.3) is 0 Å². The van der Waals surface area contributed by atoms with Crippen LogP contribution in [0, 0.1) is 0 Å². The first-order valence-electron chi connectivity index (χ1n) is 10.2. The Bertz CT molecular complexity index is 449. The van der Waals surface area contributed by atoms with E-state index in [1.807, 2.05) is 14.0 Å². The Labute approximate surface area is 181 Å². The molecule has 1 aliphatic heterocycles. The number of nitrogens with one attached hydrogen (secondary N) is 1. The lowest BCUT2D eigenvalue weighted by atomic mass is 9.94. The SMILES string of the molecule is CCOC(=O)N1CCN(C(=NC)NCCCN(C)C2CCCCC2)CC1.I. The van der Waals surface area contributed by atoms with E-state index in [-0.39, 0.29) is 30.1 Å². The lowest BCUT2D eigenvalue weighted by Gasteiger charge is -2.36. The van der Waals surface area contributed by atoms with E-state index < -0.39 is 0 Å². The van der Waals surface area contributed by atoms with Crippen LogP contribution in [0.3, 0.4) is 0 Å². The summed E-state index contributed by atoms with van der Waals surface area (Å²) in [5.41, 5.74) is 0. The van der Waals surface area contributed by atoms with Crippen LogP contribution in [0.15, 0.2) is 4.99 Å². The zero-order chi connectivity index (χ0) is 18.8. The third kappa shape index (κ3) is 8.01. The van der Waals surface area contributed by atoms with Gasteiger partial charge in [0.25, 0.3) is 0 Å². The van der Waals surface area contributed by atoms with Crippen LogP contribution in [-0.4, -0.2) is 92.8 Å². The molecule has 8 heteroatoms. The van der Waals surface area contributed by atoms with Crippen LogP contribution >= 0.6 is 24.0 Å². The number of hydrogen-bond acceptors (Lipinski definition) is 4. The van der Waals surface area contributed by atoms with E-state index in [9.17, 15) is 4.79 Å². The molecule has 1 amide bonds. The normalized spacial score (nSPS) is 19.0. The fourth-order valence-electron chi connectivity index (χ4n) is 3.88. The molecule has 2 aliphatic rings. The number of halogens is 1. The van der Waals surface area contributed by atoms with Crippen molar-refractivity contribution >= 4 is 36.0 Å². The number of carbonyl (C=O) groups is 1. The third-order valence-electron chi connectivity index (χ3n) is 5.49. The van der Waals surface area contributed by atoms with Gasteiger partial charge in [-0.3, -0.25) is 4.99 Å². The Kier molecular flexibility index (Phi) is 12.1. The molecular formula is C19H38IN5O2. The number of piperazine rings is 1. The molecule has 0 bridgehead atoms. The second kappa shape index (κ2) is 13.4. The Morgan fingerprint density at radius 2 is 1.78 bits per heavy atom. The molecule has 0 spiro atoms. The zero-order valence-electron chi connectivity index (χ0n) is 17.3. The molecule has 1 heterocycles. The molecule has 2 rings (SSSR count). The van der Waals surface area contributed by atoms with E-state index in [4.69, 9.17) is 4.74 Å². The van der Waals surface area contributed by atoms with Gasteiger partial charge in [-0.05, 0) is 39.8 Å². The Balaban J connectivity index is 0.00000364. The summed E-state index contributed by atoms with van der Waals surface area (Å²) in [5, 5.41) is 3.48. The quantitative estimate of drug-likeness (QED) is 0.266. The molecule has 27 heavy (non-hydrogen) atoms. The van der Waals surface area contributed by atoms with Crippen LogP contribution in [0.2, 0.25) is 0 Å². The van der Waals surface area contributed by atoms with Crippen LogP contribution in [0.4, 0.5) is 4.79 Å². The van der Waals surface area contributed by atoms with Crippen molar-refractivity contribution in [1.29, 1.82) is 0 Å². The fraction of sp³-hybridized carbons (Fsp3) is 0.895. The van der Waals surface area contributed by atoms with Gasteiger partial charge in [0.2, 0.25) is 0 Å². The second-order valence-corrected chi connectivity index (χ2v) is 7.27. The first-order chi connectivity index (χ1) is 12.7. The van der Waals surface area contributed by atoms with Crippen molar-refractivity contribution in [3.05, 3.63) is 0 Å². The molecule has 0 radical (unpaired) electrons. The van der Waals surface area contributed by atoms with Gasteiger partial charge in [-0.25, -0.2) is 4.79 Å². The molecule has 158 valence electrons. The zero-order valence-corrected chi connectivity index (χ0v) is 19.6. The second-order valence-electron chi connectivity index (χ2n) is 7.27. The number of ether oxygens (including phenoxy) is 1. The van der Waals surface area contributed by atoms with Gasteiger partial charge in [0, 0.05) is 45.8 Å². The minimum absolute atomic E-state index is 0. The monoisotopic (exact) mass is 495 g/mol. The molecular weight excluding hydrogens is 457 g/mol. The highest BCUT2D eigenvalue weighted by atomic mass is 127. The van der Waals surface area contributed by atoms with Gasteiger partial charge in [-0.1, -0.05) is 19.3 Å². The molecule has 7 nitrogen and oxygen atoms in total. The molecule has 1 saturated heterocycles. The molecule has 1 aliphatic carbocycles. The van der Waals surface area contributed by atoms with E-state index in [0.29, 0.717) is 19.7 Å². The molecule has 0 unspecified atom stereocenters. The standard InChI is InChI=1S/C19H37N5O2.HI/c1-4-26-19(25)24-15-13-23(14-16-24)18(20-2)21-11-8-12-22(3)17-9-6-5-7-10-17;/h17H,4-16H2,1-3H3,(H,20,21);1H. The van der Waals surface area contributed by atoms with Gasteiger partial charge < -0.3 is 24.8 Å². The van der Waals surface area contributed by atoms with Gasteiger partial charge in [-0.15, -0.1) is 24.0 Å². The van der Waals surface area contributed by atoms with Gasteiger partial charge in [-0.2, -0.15) is 0 Å².